The molecule has 4 unspecified atom stereocenters. The van der Waals surface area contributed by atoms with Crippen LogP contribution in [0.1, 0.15) is 0 Å². The van der Waals surface area contributed by atoms with Gasteiger partial charge in [-0.15, -0.1) is 0 Å². The topological polar surface area (TPSA) is 101 Å². The second-order valence-electron chi connectivity index (χ2n) is 3.05. The molecule has 13 heavy (non-hydrogen) atoms. The molecule has 78 valence electrons. The molecule has 0 spiro atoms. The Morgan fingerprint density at radius 2 is 1.15 bits per heavy atom. The zero-order valence-electron chi connectivity index (χ0n) is 6.95. The summed E-state index contributed by atoms with van der Waals surface area (Å²) in [5.74, 6) is 0. The SMILES string of the molecule is OCC1[Se]C(CO)C(O)C(O)C1O. The summed E-state index contributed by atoms with van der Waals surface area (Å²) in [6, 6.07) is 0. The summed E-state index contributed by atoms with van der Waals surface area (Å²) >= 11 is -0.248. The van der Waals surface area contributed by atoms with Crippen LogP contribution in [-0.4, -0.2) is 72.0 Å². The third-order valence-corrected chi connectivity index (χ3v) is 5.43. The Bertz CT molecular complexity index is 147. The van der Waals surface area contributed by atoms with Gasteiger partial charge in [-0.1, -0.05) is 0 Å². The minimum atomic E-state index is -1.26. The second-order valence-corrected chi connectivity index (χ2v) is 6.16. The van der Waals surface area contributed by atoms with Crippen molar-refractivity contribution in [3.05, 3.63) is 0 Å². The van der Waals surface area contributed by atoms with Crippen LogP contribution in [0.5, 0.6) is 0 Å². The number of rotatable bonds is 2. The Labute approximate surface area is 82.2 Å². The van der Waals surface area contributed by atoms with Gasteiger partial charge >= 0.3 is 81.6 Å². The standard InChI is InChI=1S/C7H14O5Se/c8-1-3-5(10)7(12)6(11)4(2-9)13-3/h3-12H,1-2H2. The fraction of sp³-hybridized carbons (Fsp3) is 1.00. The van der Waals surface area contributed by atoms with Crippen LogP contribution in [0.15, 0.2) is 0 Å². The van der Waals surface area contributed by atoms with Gasteiger partial charge in [0.2, 0.25) is 0 Å². The molecule has 0 radical (unpaired) electrons. The van der Waals surface area contributed by atoms with Crippen molar-refractivity contribution >= 4 is 15.0 Å². The predicted molar refractivity (Wildman–Crippen MR) is 45.4 cm³/mol. The van der Waals surface area contributed by atoms with Gasteiger partial charge < -0.3 is 0 Å². The van der Waals surface area contributed by atoms with E-state index in [1.165, 1.54) is 0 Å². The van der Waals surface area contributed by atoms with Gasteiger partial charge in [-0.05, 0) is 0 Å². The van der Waals surface area contributed by atoms with Crippen LogP contribution in [0.4, 0.5) is 0 Å². The molecule has 5 nitrogen and oxygen atoms in total. The molecule has 1 saturated heterocycles. The average molecular weight is 257 g/mol. The summed E-state index contributed by atoms with van der Waals surface area (Å²) in [6.45, 7) is -0.442. The van der Waals surface area contributed by atoms with Crippen LogP contribution < -0.4 is 0 Å². The molecule has 5 N–H and O–H groups in total. The van der Waals surface area contributed by atoms with Gasteiger partial charge in [-0.3, -0.25) is 0 Å². The van der Waals surface area contributed by atoms with Gasteiger partial charge in [-0.2, -0.15) is 0 Å². The second kappa shape index (κ2) is 4.70. The Morgan fingerprint density at radius 3 is 1.46 bits per heavy atom. The van der Waals surface area contributed by atoms with Crippen LogP contribution in [-0.2, 0) is 0 Å². The van der Waals surface area contributed by atoms with E-state index in [0.717, 1.165) is 0 Å². The van der Waals surface area contributed by atoms with Crippen LogP contribution in [0, 0.1) is 0 Å². The molecule has 0 amide bonds. The van der Waals surface area contributed by atoms with E-state index in [1.807, 2.05) is 0 Å². The van der Waals surface area contributed by atoms with Gasteiger partial charge in [0.1, 0.15) is 0 Å². The maximum atomic E-state index is 9.39. The molecule has 0 aromatic carbocycles. The molecule has 0 aromatic heterocycles. The molecule has 0 saturated carbocycles. The number of hydrogen-bond donors (Lipinski definition) is 5. The van der Waals surface area contributed by atoms with E-state index >= 15 is 0 Å². The van der Waals surface area contributed by atoms with Crippen molar-refractivity contribution in [2.24, 2.45) is 0 Å². The third kappa shape index (κ3) is 2.22. The van der Waals surface area contributed by atoms with Gasteiger partial charge in [0, 0.05) is 0 Å². The average Bonchev–Trinajstić information content (AvgIpc) is 2.15. The van der Waals surface area contributed by atoms with Gasteiger partial charge in [-0.25, -0.2) is 0 Å². The van der Waals surface area contributed by atoms with Crippen LogP contribution in [0.3, 0.4) is 0 Å². The Morgan fingerprint density at radius 1 is 0.769 bits per heavy atom. The number of aliphatic hydroxyl groups excluding tert-OH is 5. The summed E-state index contributed by atoms with van der Waals surface area (Å²) in [7, 11) is 0. The van der Waals surface area contributed by atoms with Crippen molar-refractivity contribution < 1.29 is 25.5 Å². The van der Waals surface area contributed by atoms with Crippen molar-refractivity contribution in [3.63, 3.8) is 0 Å². The quantitative estimate of drug-likeness (QED) is 0.348. The van der Waals surface area contributed by atoms with E-state index in [4.69, 9.17) is 10.2 Å². The molecule has 0 bridgehead atoms. The monoisotopic (exact) mass is 258 g/mol. The Balaban J connectivity index is 2.66. The first-order valence-corrected chi connectivity index (χ1v) is 6.01. The molecule has 6 heteroatoms. The summed E-state index contributed by atoms with van der Waals surface area (Å²) in [5, 5.41) is 45.8. The van der Waals surface area contributed by atoms with E-state index in [-0.39, 0.29) is 28.2 Å². The van der Waals surface area contributed by atoms with Crippen LogP contribution in [0.25, 0.3) is 0 Å². The molecule has 1 fully saturated rings. The van der Waals surface area contributed by atoms with E-state index in [0.29, 0.717) is 0 Å². The molecule has 1 aliphatic rings. The first-order chi connectivity index (χ1) is 6.11. The Hall–Kier alpha value is 0.319. The molecule has 0 aromatic rings. The van der Waals surface area contributed by atoms with E-state index in [2.05, 4.69) is 0 Å². The van der Waals surface area contributed by atoms with Gasteiger partial charge in [0.05, 0.1) is 0 Å². The van der Waals surface area contributed by atoms with Crippen molar-refractivity contribution in [1.29, 1.82) is 0 Å². The molecule has 1 heterocycles. The van der Waals surface area contributed by atoms with Gasteiger partial charge in [0.25, 0.3) is 0 Å². The van der Waals surface area contributed by atoms with E-state index in [9.17, 15) is 15.3 Å². The fourth-order valence-corrected chi connectivity index (χ4v) is 3.98. The normalized spacial score (nSPS) is 46.4. The van der Waals surface area contributed by atoms with Crippen molar-refractivity contribution in [2.45, 2.75) is 27.9 Å². The zero-order chi connectivity index (χ0) is 10.0. The number of hydrogen-bond acceptors (Lipinski definition) is 5. The molecular formula is C7H14O5Se. The zero-order valence-corrected chi connectivity index (χ0v) is 8.66. The number of aliphatic hydroxyl groups is 5. The summed E-state index contributed by atoms with van der Waals surface area (Å²) in [4.78, 5) is -0.800. The third-order valence-electron chi connectivity index (χ3n) is 2.17. The fourth-order valence-electron chi connectivity index (χ4n) is 1.33. The van der Waals surface area contributed by atoms with E-state index in [1.54, 1.807) is 0 Å². The molecule has 0 aliphatic carbocycles. The van der Waals surface area contributed by atoms with Crippen molar-refractivity contribution in [3.8, 4) is 0 Å². The summed E-state index contributed by atoms with van der Waals surface area (Å²) < 4.78 is 0. The molecule has 4 atom stereocenters. The molecule has 1 rings (SSSR count). The Kier molecular flexibility index (Phi) is 4.12. The molecule has 1 aliphatic heterocycles. The van der Waals surface area contributed by atoms with Crippen LogP contribution >= 0.6 is 0 Å². The maximum absolute atomic E-state index is 9.39. The predicted octanol–water partition coefficient (Wildman–Crippen LogP) is -2.65. The van der Waals surface area contributed by atoms with Crippen molar-refractivity contribution in [1.82, 2.24) is 0 Å². The van der Waals surface area contributed by atoms with E-state index < -0.39 is 27.9 Å². The molecular weight excluding hydrogens is 243 g/mol. The summed E-state index contributed by atoms with van der Waals surface area (Å²) in [6.07, 6.45) is -3.42. The first kappa shape index (κ1) is 11.4. The van der Waals surface area contributed by atoms with Gasteiger partial charge in [0.15, 0.2) is 0 Å². The summed E-state index contributed by atoms with van der Waals surface area (Å²) in [5.41, 5.74) is 0. The first-order valence-electron chi connectivity index (χ1n) is 4.03. The minimum absolute atomic E-state index is 0.221. The van der Waals surface area contributed by atoms with Crippen molar-refractivity contribution in [2.75, 3.05) is 13.2 Å². The van der Waals surface area contributed by atoms with Crippen LogP contribution in [0.2, 0.25) is 9.63 Å².